The van der Waals surface area contributed by atoms with Crippen molar-refractivity contribution in [3.05, 3.63) is 35.1 Å². The van der Waals surface area contributed by atoms with Crippen molar-refractivity contribution in [2.45, 2.75) is 31.1 Å². The van der Waals surface area contributed by atoms with E-state index >= 15 is 0 Å². The van der Waals surface area contributed by atoms with Crippen LogP contribution >= 0.6 is 0 Å². The lowest BCUT2D eigenvalue weighted by Gasteiger charge is -2.47. The monoisotopic (exact) mass is 229 g/mol. The molecule has 2 rings (SSSR count). The fraction of sp³-hybridized carbons (Fsp3) is 0.500. The number of hydrogen-bond acceptors (Lipinski definition) is 1. The van der Waals surface area contributed by atoms with Gasteiger partial charge in [0.25, 0.3) is 0 Å². The van der Waals surface area contributed by atoms with Gasteiger partial charge in [-0.25, -0.2) is 13.2 Å². The zero-order chi connectivity index (χ0) is 12.0. The van der Waals surface area contributed by atoms with Gasteiger partial charge in [0, 0.05) is 24.8 Å². The predicted molar refractivity (Wildman–Crippen MR) is 56.1 cm³/mol. The first-order chi connectivity index (χ1) is 7.40. The summed E-state index contributed by atoms with van der Waals surface area (Å²) in [7, 11) is 0. The molecule has 1 aromatic rings. The smallest absolute Gasteiger partial charge is 0.250 e. The Morgan fingerprint density at radius 1 is 1.31 bits per heavy atom. The molecule has 16 heavy (non-hydrogen) atoms. The minimum absolute atomic E-state index is 0.0599. The molecule has 0 amide bonds. The fourth-order valence-electron chi connectivity index (χ4n) is 2.67. The highest BCUT2D eigenvalue weighted by atomic mass is 19.3. The molecule has 1 aliphatic rings. The summed E-state index contributed by atoms with van der Waals surface area (Å²) >= 11 is 0. The average molecular weight is 229 g/mol. The van der Waals surface area contributed by atoms with Gasteiger partial charge < -0.3 is 5.73 Å². The number of benzene rings is 1. The minimum atomic E-state index is -2.70. The second kappa shape index (κ2) is 3.48. The molecular weight excluding hydrogens is 215 g/mol. The van der Waals surface area contributed by atoms with Crippen molar-refractivity contribution in [2.24, 2.45) is 5.73 Å². The second-order valence-electron chi connectivity index (χ2n) is 4.63. The van der Waals surface area contributed by atoms with E-state index in [-0.39, 0.29) is 19.4 Å². The third kappa shape index (κ3) is 1.61. The van der Waals surface area contributed by atoms with Gasteiger partial charge in [0.05, 0.1) is 0 Å². The van der Waals surface area contributed by atoms with Gasteiger partial charge in [0.15, 0.2) is 0 Å². The highest BCUT2D eigenvalue weighted by Gasteiger charge is 2.57. The van der Waals surface area contributed by atoms with Crippen LogP contribution in [0.4, 0.5) is 13.2 Å². The molecule has 1 saturated carbocycles. The molecule has 0 bridgehead atoms. The SMILES string of the molecule is Cc1cccc(F)c1C1(CN)CC(F)(F)C1. The van der Waals surface area contributed by atoms with E-state index in [9.17, 15) is 13.2 Å². The van der Waals surface area contributed by atoms with Crippen LogP contribution in [0.25, 0.3) is 0 Å². The first-order valence-electron chi connectivity index (χ1n) is 5.24. The summed E-state index contributed by atoms with van der Waals surface area (Å²) in [5.41, 5.74) is 5.74. The molecule has 4 heteroatoms. The Kier molecular flexibility index (Phi) is 2.49. The number of nitrogens with two attached hydrogens (primary N) is 1. The molecule has 0 unspecified atom stereocenters. The van der Waals surface area contributed by atoms with Gasteiger partial charge in [-0.1, -0.05) is 12.1 Å². The topological polar surface area (TPSA) is 26.0 Å². The van der Waals surface area contributed by atoms with Crippen LogP contribution in [0.5, 0.6) is 0 Å². The summed E-state index contributed by atoms with van der Waals surface area (Å²) in [5, 5.41) is 0. The van der Waals surface area contributed by atoms with Crippen LogP contribution in [0.2, 0.25) is 0 Å². The molecule has 2 N–H and O–H groups in total. The Hall–Kier alpha value is -1.03. The third-order valence-electron chi connectivity index (χ3n) is 3.34. The third-order valence-corrected chi connectivity index (χ3v) is 3.34. The van der Waals surface area contributed by atoms with E-state index < -0.39 is 17.2 Å². The molecule has 0 heterocycles. The van der Waals surface area contributed by atoms with Crippen molar-refractivity contribution >= 4 is 0 Å². The summed E-state index contributed by atoms with van der Waals surface area (Å²) in [6, 6.07) is 4.61. The van der Waals surface area contributed by atoms with Gasteiger partial charge in [0.2, 0.25) is 5.92 Å². The Balaban J connectivity index is 2.43. The van der Waals surface area contributed by atoms with Crippen molar-refractivity contribution in [1.82, 2.24) is 0 Å². The van der Waals surface area contributed by atoms with Crippen molar-refractivity contribution in [1.29, 1.82) is 0 Å². The molecular formula is C12H14F3N. The summed E-state index contributed by atoms with van der Waals surface area (Å²) in [4.78, 5) is 0. The second-order valence-corrected chi connectivity index (χ2v) is 4.63. The van der Waals surface area contributed by atoms with Crippen LogP contribution in [-0.4, -0.2) is 12.5 Å². The zero-order valence-electron chi connectivity index (χ0n) is 9.06. The van der Waals surface area contributed by atoms with E-state index in [0.717, 1.165) is 0 Å². The molecule has 0 aliphatic heterocycles. The predicted octanol–water partition coefficient (Wildman–Crippen LogP) is 2.76. The molecule has 1 aromatic carbocycles. The maximum absolute atomic E-state index is 13.7. The number of rotatable bonds is 2. The summed E-state index contributed by atoms with van der Waals surface area (Å²) in [6.07, 6.45) is -0.698. The molecule has 0 radical (unpaired) electrons. The lowest BCUT2D eigenvalue weighted by atomic mass is 9.61. The first kappa shape index (κ1) is 11.5. The minimum Gasteiger partial charge on any atom is -0.330 e. The normalized spacial score (nSPS) is 21.6. The van der Waals surface area contributed by atoms with Gasteiger partial charge in [-0.15, -0.1) is 0 Å². The molecule has 0 saturated heterocycles. The van der Waals surface area contributed by atoms with Crippen molar-refractivity contribution in [3.63, 3.8) is 0 Å². The zero-order valence-corrected chi connectivity index (χ0v) is 9.06. The Morgan fingerprint density at radius 3 is 2.38 bits per heavy atom. The van der Waals surface area contributed by atoms with Crippen LogP contribution in [0.1, 0.15) is 24.0 Å². The number of aryl methyl sites for hydroxylation is 1. The van der Waals surface area contributed by atoms with Crippen LogP contribution < -0.4 is 5.73 Å². The van der Waals surface area contributed by atoms with Gasteiger partial charge in [0.1, 0.15) is 5.82 Å². The maximum Gasteiger partial charge on any atom is 0.250 e. The Labute approximate surface area is 92.5 Å². The van der Waals surface area contributed by atoms with E-state index in [0.29, 0.717) is 11.1 Å². The van der Waals surface area contributed by atoms with Crippen molar-refractivity contribution < 1.29 is 13.2 Å². The Bertz CT molecular complexity index is 386. The standard InChI is InChI=1S/C12H14F3N/c1-8-3-2-4-9(13)10(8)11(7-16)5-12(14,15)6-11/h2-4H,5-7,16H2,1H3. The number of halogens is 3. The largest absolute Gasteiger partial charge is 0.330 e. The molecule has 1 nitrogen and oxygen atoms in total. The highest BCUT2D eigenvalue weighted by Crippen LogP contribution is 2.53. The van der Waals surface area contributed by atoms with E-state index in [4.69, 9.17) is 5.73 Å². The molecule has 0 spiro atoms. The average Bonchev–Trinajstić information content (AvgIpc) is 2.13. The molecule has 1 aliphatic carbocycles. The van der Waals surface area contributed by atoms with Gasteiger partial charge in [-0.05, 0) is 24.1 Å². The van der Waals surface area contributed by atoms with Crippen LogP contribution in [0.3, 0.4) is 0 Å². The van der Waals surface area contributed by atoms with E-state index in [1.165, 1.54) is 6.07 Å². The van der Waals surface area contributed by atoms with Crippen molar-refractivity contribution in [3.8, 4) is 0 Å². The Morgan fingerprint density at radius 2 is 1.94 bits per heavy atom. The van der Waals surface area contributed by atoms with Crippen molar-refractivity contribution in [2.75, 3.05) is 6.54 Å². The highest BCUT2D eigenvalue weighted by molar-refractivity contribution is 5.38. The molecule has 88 valence electrons. The maximum atomic E-state index is 13.7. The van der Waals surface area contributed by atoms with Gasteiger partial charge >= 0.3 is 0 Å². The summed E-state index contributed by atoms with van der Waals surface area (Å²) in [5.74, 6) is -3.13. The number of hydrogen-bond donors (Lipinski definition) is 1. The fourth-order valence-corrected chi connectivity index (χ4v) is 2.67. The van der Waals surface area contributed by atoms with Gasteiger partial charge in [-0.2, -0.15) is 0 Å². The lowest BCUT2D eigenvalue weighted by Crippen LogP contribution is -2.54. The summed E-state index contributed by atoms with van der Waals surface area (Å²) in [6.45, 7) is 1.79. The number of alkyl halides is 2. The van der Waals surface area contributed by atoms with Crippen LogP contribution in [0, 0.1) is 12.7 Å². The quantitative estimate of drug-likeness (QED) is 0.829. The van der Waals surface area contributed by atoms with Crippen LogP contribution in [-0.2, 0) is 5.41 Å². The van der Waals surface area contributed by atoms with Gasteiger partial charge in [-0.3, -0.25) is 0 Å². The van der Waals surface area contributed by atoms with Crippen LogP contribution in [0.15, 0.2) is 18.2 Å². The first-order valence-corrected chi connectivity index (χ1v) is 5.24. The summed E-state index contributed by atoms with van der Waals surface area (Å²) < 4.78 is 39.7. The van der Waals surface area contributed by atoms with E-state index in [1.54, 1.807) is 19.1 Å². The molecule has 0 aromatic heterocycles. The lowest BCUT2D eigenvalue weighted by molar-refractivity contribution is -0.124. The molecule has 1 fully saturated rings. The van der Waals surface area contributed by atoms with E-state index in [2.05, 4.69) is 0 Å². The van der Waals surface area contributed by atoms with E-state index in [1.807, 2.05) is 0 Å². The molecule has 0 atom stereocenters.